The van der Waals surface area contributed by atoms with E-state index in [1.165, 1.54) is 25.5 Å². The second kappa shape index (κ2) is 7.26. The molecule has 1 aliphatic rings. The van der Waals surface area contributed by atoms with Crippen LogP contribution in [-0.2, 0) is 7.05 Å². The Morgan fingerprint density at radius 2 is 2.04 bits per heavy atom. The van der Waals surface area contributed by atoms with Crippen molar-refractivity contribution in [3.05, 3.63) is 42.2 Å². The fourth-order valence-corrected chi connectivity index (χ4v) is 3.70. The molecule has 0 aliphatic heterocycles. The van der Waals surface area contributed by atoms with Crippen molar-refractivity contribution in [1.29, 1.82) is 0 Å². The molecule has 0 atom stereocenters. The first-order chi connectivity index (χ1) is 13.1. The lowest BCUT2D eigenvalue weighted by atomic mass is 9.96. The maximum absolute atomic E-state index is 11.9. The van der Waals surface area contributed by atoms with E-state index >= 15 is 0 Å². The number of benzene rings is 1. The average Bonchev–Trinajstić information content (AvgIpc) is 3.05. The van der Waals surface area contributed by atoms with Gasteiger partial charge in [0.25, 0.3) is 5.91 Å². The summed E-state index contributed by atoms with van der Waals surface area (Å²) < 4.78 is 2.05. The summed E-state index contributed by atoms with van der Waals surface area (Å²) in [5, 5.41) is 7.73. The number of nitrogens with one attached hydrogen (secondary N) is 2. The SMILES string of the molecule is Cn1ccc2c(Nc3nc(NC4CCCCC4)ncc3C(N)=O)cccc21. The highest BCUT2D eigenvalue weighted by Crippen LogP contribution is 2.28. The molecule has 7 nitrogen and oxygen atoms in total. The number of hydrogen-bond donors (Lipinski definition) is 3. The first-order valence-electron chi connectivity index (χ1n) is 9.36. The first kappa shape index (κ1) is 17.3. The summed E-state index contributed by atoms with van der Waals surface area (Å²) in [6.45, 7) is 0. The zero-order chi connectivity index (χ0) is 18.8. The van der Waals surface area contributed by atoms with Crippen LogP contribution in [0.1, 0.15) is 42.5 Å². The van der Waals surface area contributed by atoms with Gasteiger partial charge in [-0.1, -0.05) is 25.3 Å². The van der Waals surface area contributed by atoms with Crippen molar-refractivity contribution < 1.29 is 4.79 Å². The fourth-order valence-electron chi connectivity index (χ4n) is 3.70. The summed E-state index contributed by atoms with van der Waals surface area (Å²) in [5.74, 6) is 0.392. The molecular weight excluding hydrogens is 340 g/mol. The van der Waals surface area contributed by atoms with Gasteiger partial charge in [-0.3, -0.25) is 4.79 Å². The molecule has 0 unspecified atom stereocenters. The Morgan fingerprint density at radius 1 is 1.22 bits per heavy atom. The van der Waals surface area contributed by atoms with Gasteiger partial charge in [0.1, 0.15) is 11.4 Å². The highest BCUT2D eigenvalue weighted by molar-refractivity contribution is 6.00. The molecule has 27 heavy (non-hydrogen) atoms. The van der Waals surface area contributed by atoms with Crippen LogP contribution in [0, 0.1) is 0 Å². The number of nitrogens with two attached hydrogens (primary N) is 1. The Hall–Kier alpha value is -3.09. The lowest BCUT2D eigenvalue weighted by Gasteiger charge is -2.23. The van der Waals surface area contributed by atoms with Gasteiger partial charge in [-0.15, -0.1) is 0 Å². The second-order valence-electron chi connectivity index (χ2n) is 7.09. The van der Waals surface area contributed by atoms with Crippen molar-refractivity contribution in [1.82, 2.24) is 14.5 Å². The zero-order valence-electron chi connectivity index (χ0n) is 15.4. The zero-order valence-corrected chi connectivity index (χ0v) is 15.4. The standard InChI is InChI=1S/C20H24N6O/c1-26-11-10-14-16(8-5-9-17(14)26)24-19-15(18(21)27)12-22-20(25-19)23-13-6-3-2-4-7-13/h5,8-13H,2-4,6-7H2,1H3,(H2,21,27)(H2,22,23,24,25). The summed E-state index contributed by atoms with van der Waals surface area (Å²) in [4.78, 5) is 20.7. The number of primary amides is 1. The molecular formula is C20H24N6O. The topological polar surface area (TPSA) is 97.9 Å². The molecule has 1 aliphatic carbocycles. The Morgan fingerprint density at radius 3 is 2.81 bits per heavy atom. The minimum absolute atomic E-state index is 0.275. The first-order valence-corrected chi connectivity index (χ1v) is 9.36. The average molecular weight is 364 g/mol. The predicted molar refractivity (Wildman–Crippen MR) is 107 cm³/mol. The van der Waals surface area contributed by atoms with Crippen LogP contribution in [0.2, 0.25) is 0 Å². The maximum atomic E-state index is 11.9. The number of fused-ring (bicyclic) bond motifs is 1. The van der Waals surface area contributed by atoms with Gasteiger partial charge >= 0.3 is 0 Å². The van der Waals surface area contributed by atoms with E-state index in [4.69, 9.17) is 5.73 Å². The number of amides is 1. The molecule has 1 aromatic carbocycles. The third kappa shape index (κ3) is 3.58. The van der Waals surface area contributed by atoms with E-state index in [1.54, 1.807) is 0 Å². The molecule has 0 spiro atoms. The molecule has 1 fully saturated rings. The number of carbonyl (C=O) groups excluding carboxylic acids is 1. The summed E-state index contributed by atoms with van der Waals surface area (Å²) in [6.07, 6.45) is 9.46. The monoisotopic (exact) mass is 364 g/mol. The number of anilines is 3. The van der Waals surface area contributed by atoms with Crippen molar-refractivity contribution >= 4 is 34.3 Å². The minimum Gasteiger partial charge on any atom is -0.365 e. The Bertz CT molecular complexity index is 974. The summed E-state index contributed by atoms with van der Waals surface area (Å²) in [5.41, 5.74) is 7.78. The van der Waals surface area contributed by atoms with Gasteiger partial charge in [-0.25, -0.2) is 4.98 Å². The van der Waals surface area contributed by atoms with Crippen LogP contribution in [0.3, 0.4) is 0 Å². The Labute approximate surface area is 158 Å². The van der Waals surface area contributed by atoms with Crippen molar-refractivity contribution in [2.75, 3.05) is 10.6 Å². The van der Waals surface area contributed by atoms with Gasteiger partial charge in [0.15, 0.2) is 0 Å². The molecule has 140 valence electrons. The lowest BCUT2D eigenvalue weighted by molar-refractivity contribution is 0.100. The normalized spacial score (nSPS) is 15.0. The van der Waals surface area contributed by atoms with Crippen LogP contribution in [-0.4, -0.2) is 26.5 Å². The van der Waals surface area contributed by atoms with Crippen LogP contribution < -0.4 is 16.4 Å². The van der Waals surface area contributed by atoms with E-state index in [1.807, 2.05) is 42.1 Å². The van der Waals surface area contributed by atoms with E-state index in [-0.39, 0.29) is 5.56 Å². The summed E-state index contributed by atoms with van der Waals surface area (Å²) in [7, 11) is 2.00. The molecule has 2 aromatic heterocycles. The lowest BCUT2D eigenvalue weighted by Crippen LogP contribution is -2.24. The van der Waals surface area contributed by atoms with Crippen molar-refractivity contribution in [2.24, 2.45) is 12.8 Å². The molecule has 2 heterocycles. The number of nitrogens with zero attached hydrogens (tertiary/aromatic N) is 3. The van der Waals surface area contributed by atoms with E-state index < -0.39 is 5.91 Å². The third-order valence-electron chi connectivity index (χ3n) is 5.17. The van der Waals surface area contributed by atoms with E-state index in [0.29, 0.717) is 17.8 Å². The van der Waals surface area contributed by atoms with Gasteiger partial charge in [0.05, 0.1) is 0 Å². The third-order valence-corrected chi connectivity index (χ3v) is 5.17. The largest absolute Gasteiger partial charge is 0.365 e. The van der Waals surface area contributed by atoms with Gasteiger partial charge in [-0.05, 0) is 31.0 Å². The van der Waals surface area contributed by atoms with Crippen molar-refractivity contribution in [3.63, 3.8) is 0 Å². The molecule has 4 N–H and O–H groups in total. The van der Waals surface area contributed by atoms with Gasteiger partial charge in [-0.2, -0.15) is 4.98 Å². The Balaban J connectivity index is 1.66. The molecule has 0 bridgehead atoms. The highest BCUT2D eigenvalue weighted by atomic mass is 16.1. The van der Waals surface area contributed by atoms with Gasteiger partial charge in [0, 0.05) is 42.1 Å². The predicted octanol–water partition coefficient (Wildman–Crippen LogP) is 3.56. The van der Waals surface area contributed by atoms with Crippen molar-refractivity contribution in [3.8, 4) is 0 Å². The van der Waals surface area contributed by atoms with Crippen LogP contribution in [0.4, 0.5) is 17.5 Å². The second-order valence-corrected chi connectivity index (χ2v) is 7.09. The van der Waals surface area contributed by atoms with E-state index in [2.05, 4.69) is 20.6 Å². The van der Waals surface area contributed by atoms with Crippen molar-refractivity contribution in [2.45, 2.75) is 38.1 Å². The molecule has 0 saturated heterocycles. The fraction of sp³-hybridized carbons (Fsp3) is 0.350. The highest BCUT2D eigenvalue weighted by Gasteiger charge is 2.17. The number of aromatic nitrogens is 3. The number of rotatable bonds is 5. The number of aryl methyl sites for hydroxylation is 1. The smallest absolute Gasteiger partial charge is 0.254 e. The van der Waals surface area contributed by atoms with Crippen LogP contribution in [0.5, 0.6) is 0 Å². The molecule has 4 rings (SSSR count). The summed E-state index contributed by atoms with van der Waals surface area (Å²) in [6, 6.07) is 8.39. The molecule has 7 heteroatoms. The quantitative estimate of drug-likeness (QED) is 0.643. The molecule has 1 amide bonds. The minimum atomic E-state index is -0.554. The van der Waals surface area contributed by atoms with Crippen LogP contribution >= 0.6 is 0 Å². The van der Waals surface area contributed by atoms with Gasteiger partial charge < -0.3 is 20.9 Å². The van der Waals surface area contributed by atoms with Crippen LogP contribution in [0.15, 0.2) is 36.7 Å². The maximum Gasteiger partial charge on any atom is 0.254 e. The molecule has 0 radical (unpaired) electrons. The van der Waals surface area contributed by atoms with E-state index in [9.17, 15) is 4.79 Å². The Kier molecular flexibility index (Phi) is 4.66. The molecule has 1 saturated carbocycles. The summed E-state index contributed by atoms with van der Waals surface area (Å²) >= 11 is 0. The van der Waals surface area contributed by atoms with Gasteiger partial charge in [0.2, 0.25) is 5.95 Å². The van der Waals surface area contributed by atoms with Crippen LogP contribution in [0.25, 0.3) is 10.9 Å². The number of carbonyl (C=O) groups is 1. The van der Waals surface area contributed by atoms with E-state index in [0.717, 1.165) is 29.4 Å². The molecule has 3 aromatic rings. The number of hydrogen-bond acceptors (Lipinski definition) is 5.